The average molecular weight is 427 g/mol. The molecule has 4 aliphatic rings. The third kappa shape index (κ3) is 3.34. The second-order valence-electron chi connectivity index (χ2n) is 12.3. The average Bonchev–Trinajstić information content (AvgIpc) is 3.29. The van der Waals surface area contributed by atoms with E-state index in [4.69, 9.17) is 0 Å². The van der Waals surface area contributed by atoms with Gasteiger partial charge < -0.3 is 5.11 Å². The molecule has 0 radical (unpaired) electrons. The summed E-state index contributed by atoms with van der Waals surface area (Å²) in [5.74, 6) is 3.57. The molecule has 4 heteroatoms. The second kappa shape index (κ2) is 7.43. The zero-order valence-corrected chi connectivity index (χ0v) is 20.1. The first kappa shape index (κ1) is 21.7. The van der Waals surface area contributed by atoms with Crippen LogP contribution in [-0.4, -0.2) is 26.3 Å². The van der Waals surface area contributed by atoms with Crippen molar-refractivity contribution in [2.24, 2.45) is 40.4 Å². The van der Waals surface area contributed by atoms with Crippen LogP contribution in [0.2, 0.25) is 0 Å². The van der Waals surface area contributed by atoms with Crippen LogP contribution < -0.4 is 0 Å². The molecule has 4 nitrogen and oxygen atoms in total. The summed E-state index contributed by atoms with van der Waals surface area (Å²) in [6.45, 7) is 9.40. The lowest BCUT2D eigenvalue weighted by Crippen LogP contribution is -2.56. The van der Waals surface area contributed by atoms with Crippen molar-refractivity contribution in [1.82, 2.24) is 9.78 Å². The lowest BCUT2D eigenvalue weighted by molar-refractivity contribution is -0.158. The van der Waals surface area contributed by atoms with E-state index in [0.717, 1.165) is 36.7 Å². The van der Waals surface area contributed by atoms with Crippen molar-refractivity contribution >= 4 is 5.78 Å². The maximum Gasteiger partial charge on any atom is 0.157 e. The lowest BCUT2D eigenvalue weighted by atomic mass is 9.42. The molecule has 0 aliphatic heterocycles. The van der Waals surface area contributed by atoms with E-state index in [1.807, 2.05) is 24.0 Å². The van der Waals surface area contributed by atoms with Crippen molar-refractivity contribution in [2.75, 3.05) is 0 Å². The molecule has 31 heavy (non-hydrogen) atoms. The van der Waals surface area contributed by atoms with Crippen LogP contribution in [0.4, 0.5) is 0 Å². The molecular weight excluding hydrogens is 384 g/mol. The normalized spacial score (nSPS) is 46.8. The Labute approximate surface area is 188 Å². The Morgan fingerprint density at radius 2 is 1.94 bits per heavy atom. The van der Waals surface area contributed by atoms with Gasteiger partial charge in [0.2, 0.25) is 0 Å². The van der Waals surface area contributed by atoms with Crippen LogP contribution in [0, 0.1) is 47.3 Å². The molecule has 0 unspecified atom stereocenters. The molecule has 0 bridgehead atoms. The van der Waals surface area contributed by atoms with Crippen molar-refractivity contribution in [3.05, 3.63) is 18.0 Å². The minimum absolute atomic E-state index is 0.169. The van der Waals surface area contributed by atoms with E-state index in [9.17, 15) is 9.90 Å². The molecule has 0 aromatic carbocycles. The summed E-state index contributed by atoms with van der Waals surface area (Å²) in [5, 5.41) is 15.2. The van der Waals surface area contributed by atoms with Crippen LogP contribution in [0.15, 0.2) is 12.4 Å². The molecule has 172 valence electrons. The van der Waals surface area contributed by atoms with E-state index in [2.05, 4.69) is 25.9 Å². The van der Waals surface area contributed by atoms with E-state index < -0.39 is 5.60 Å². The molecule has 5 rings (SSSR count). The summed E-state index contributed by atoms with van der Waals surface area (Å²) >= 11 is 0. The summed E-state index contributed by atoms with van der Waals surface area (Å²) < 4.78 is 1.84. The van der Waals surface area contributed by atoms with Gasteiger partial charge in [-0.25, -0.2) is 0 Å². The number of aliphatic hydroxyl groups is 1. The molecule has 4 aliphatic carbocycles. The Bertz CT molecular complexity index is 844. The van der Waals surface area contributed by atoms with Crippen molar-refractivity contribution in [3.8, 4) is 0 Å². The Balaban J connectivity index is 1.36. The van der Waals surface area contributed by atoms with Gasteiger partial charge in [0, 0.05) is 12.1 Å². The lowest BCUT2D eigenvalue weighted by Gasteiger charge is -2.63. The molecule has 4 saturated carbocycles. The summed E-state index contributed by atoms with van der Waals surface area (Å²) in [6.07, 6.45) is 15.7. The number of rotatable bonds is 4. The molecule has 1 N–H and O–H groups in total. The van der Waals surface area contributed by atoms with Crippen LogP contribution in [0.5, 0.6) is 0 Å². The summed E-state index contributed by atoms with van der Waals surface area (Å²) in [4.78, 5) is 13.4. The molecule has 1 aromatic heterocycles. The van der Waals surface area contributed by atoms with Crippen molar-refractivity contribution in [1.29, 1.82) is 0 Å². The summed E-state index contributed by atoms with van der Waals surface area (Å²) in [7, 11) is 0. The Kier molecular flexibility index (Phi) is 5.20. The fourth-order valence-electron chi connectivity index (χ4n) is 9.30. The van der Waals surface area contributed by atoms with Gasteiger partial charge in [-0.15, -0.1) is 0 Å². The molecule has 8 atom stereocenters. The molecular formula is C27H42N2O2. The van der Waals surface area contributed by atoms with Gasteiger partial charge >= 0.3 is 0 Å². The minimum Gasteiger partial charge on any atom is -0.390 e. The summed E-state index contributed by atoms with van der Waals surface area (Å²) in [6, 6.07) is 0. The van der Waals surface area contributed by atoms with E-state index in [0.29, 0.717) is 29.6 Å². The van der Waals surface area contributed by atoms with E-state index in [1.165, 1.54) is 44.9 Å². The van der Waals surface area contributed by atoms with Crippen molar-refractivity contribution in [2.45, 2.75) is 104 Å². The predicted molar refractivity (Wildman–Crippen MR) is 122 cm³/mol. The van der Waals surface area contributed by atoms with E-state index in [-0.39, 0.29) is 11.3 Å². The number of hydrogen-bond acceptors (Lipinski definition) is 3. The first-order valence-corrected chi connectivity index (χ1v) is 12.9. The maximum atomic E-state index is 13.4. The largest absolute Gasteiger partial charge is 0.390 e. The molecule has 4 fully saturated rings. The van der Waals surface area contributed by atoms with E-state index in [1.54, 1.807) is 0 Å². The highest BCUT2D eigenvalue weighted by atomic mass is 16.3. The fourth-order valence-corrected chi connectivity index (χ4v) is 9.30. The minimum atomic E-state index is -0.463. The zero-order chi connectivity index (χ0) is 22.0. The Hall–Kier alpha value is -1.16. The number of aromatic nitrogens is 2. The Morgan fingerprint density at radius 1 is 1.13 bits per heavy atom. The third-order valence-electron chi connectivity index (χ3n) is 10.8. The number of fused-ring (bicyclic) bond motifs is 5. The first-order chi connectivity index (χ1) is 14.7. The number of carbonyl (C=O) groups is 1. The number of hydrogen-bond donors (Lipinski definition) is 1. The van der Waals surface area contributed by atoms with Gasteiger partial charge in [0.15, 0.2) is 5.78 Å². The van der Waals surface area contributed by atoms with Crippen LogP contribution in [-0.2, 0) is 11.3 Å². The van der Waals surface area contributed by atoms with Crippen molar-refractivity contribution in [3.63, 3.8) is 0 Å². The number of Topliss-reactive ketones (excluding diaryl/α,β-unsaturated/α-hetero) is 1. The highest BCUT2D eigenvalue weighted by Gasteiger charge is 2.62. The number of nitrogens with zero attached hydrogens (tertiary/aromatic N) is 2. The first-order valence-electron chi connectivity index (χ1n) is 12.9. The standard InChI is InChI=1S/C27H42N2O2/c1-5-27-13-12-25(3,31)14-19(27)6-7-20-21-8-9-23(26(21,4)11-10-22(20)27)24(30)17-29-16-18(2)15-28-29/h15-16,19-23,31H,5-14,17H2,1-4H3/t19-,20+,21+,22+,23-,25-,26+,27+/m1/s1. The van der Waals surface area contributed by atoms with Crippen molar-refractivity contribution < 1.29 is 9.90 Å². The fraction of sp³-hybridized carbons (Fsp3) is 0.852. The number of aryl methyl sites for hydroxylation is 1. The maximum absolute atomic E-state index is 13.4. The number of carbonyl (C=O) groups excluding carboxylic acids is 1. The summed E-state index contributed by atoms with van der Waals surface area (Å²) in [5.41, 5.74) is 1.26. The highest BCUT2D eigenvalue weighted by molar-refractivity contribution is 5.82. The molecule has 0 amide bonds. The van der Waals surface area contributed by atoms with Gasteiger partial charge in [0.1, 0.15) is 0 Å². The third-order valence-corrected chi connectivity index (χ3v) is 10.8. The van der Waals surface area contributed by atoms with Gasteiger partial charge in [-0.3, -0.25) is 9.48 Å². The second-order valence-corrected chi connectivity index (χ2v) is 12.3. The molecule has 1 heterocycles. The molecule has 0 spiro atoms. The monoisotopic (exact) mass is 426 g/mol. The van der Waals surface area contributed by atoms with Crippen LogP contribution in [0.1, 0.15) is 90.5 Å². The smallest absolute Gasteiger partial charge is 0.157 e. The van der Waals surface area contributed by atoms with Crippen LogP contribution in [0.25, 0.3) is 0 Å². The predicted octanol–water partition coefficient (Wildman–Crippen LogP) is 5.56. The zero-order valence-electron chi connectivity index (χ0n) is 20.1. The quantitative estimate of drug-likeness (QED) is 0.686. The Morgan fingerprint density at radius 3 is 2.65 bits per heavy atom. The van der Waals surface area contributed by atoms with Gasteiger partial charge in [-0.1, -0.05) is 13.8 Å². The van der Waals surface area contributed by atoms with E-state index >= 15 is 0 Å². The van der Waals surface area contributed by atoms with Gasteiger partial charge in [0.25, 0.3) is 0 Å². The SMILES string of the molecule is CC[C@]12CC[C@@](C)(O)C[C@H]1CC[C@H]1[C@@H]3CC[C@H](C(=O)Cn4cc(C)cn4)[C@@]3(C)CC[C@@H]12. The number of ketones is 1. The topological polar surface area (TPSA) is 55.1 Å². The molecule has 1 aromatic rings. The highest BCUT2D eigenvalue weighted by Crippen LogP contribution is 2.69. The van der Waals surface area contributed by atoms with Crippen LogP contribution in [0.3, 0.4) is 0 Å². The van der Waals surface area contributed by atoms with Gasteiger partial charge in [-0.05, 0) is 118 Å². The van der Waals surface area contributed by atoms with Gasteiger partial charge in [-0.2, -0.15) is 5.10 Å². The van der Waals surface area contributed by atoms with Gasteiger partial charge in [0.05, 0.1) is 18.3 Å². The molecule has 0 saturated heterocycles. The van der Waals surface area contributed by atoms with Crippen LogP contribution >= 0.6 is 0 Å².